The van der Waals surface area contributed by atoms with Gasteiger partial charge in [0, 0.05) is 29.2 Å². The Morgan fingerprint density at radius 2 is 2.15 bits per heavy atom. The minimum absolute atomic E-state index is 0.130. The summed E-state index contributed by atoms with van der Waals surface area (Å²) in [7, 11) is 0. The van der Waals surface area contributed by atoms with Crippen LogP contribution in [0.15, 0.2) is 17.6 Å². The van der Waals surface area contributed by atoms with Gasteiger partial charge in [-0.05, 0) is 31.7 Å². The topological polar surface area (TPSA) is 58.0 Å². The van der Waals surface area contributed by atoms with Crippen LogP contribution in [-0.2, 0) is 0 Å². The zero-order valence-electron chi connectivity index (χ0n) is 12.6. The van der Waals surface area contributed by atoms with E-state index in [9.17, 15) is 5.11 Å². The average molecular weight is 295 g/mol. The zero-order chi connectivity index (χ0) is 14.6. The molecule has 112 valence electrons. The number of nitrogens with zero attached hydrogens (tertiary/aromatic N) is 2. The van der Waals surface area contributed by atoms with E-state index in [-0.39, 0.29) is 12.1 Å². The van der Waals surface area contributed by atoms with E-state index in [0.29, 0.717) is 11.3 Å². The quantitative estimate of drug-likeness (QED) is 0.818. The Bertz CT molecular complexity index is 424. The van der Waals surface area contributed by atoms with Crippen LogP contribution in [0, 0.1) is 6.92 Å². The van der Waals surface area contributed by atoms with E-state index in [2.05, 4.69) is 29.1 Å². The van der Waals surface area contributed by atoms with E-state index in [4.69, 9.17) is 0 Å². The number of aliphatic hydroxyl groups excluding tert-OH is 1. The molecule has 20 heavy (non-hydrogen) atoms. The molecule has 1 heterocycles. The molecule has 2 rings (SSSR count). The summed E-state index contributed by atoms with van der Waals surface area (Å²) in [6.45, 7) is 6.48. The lowest BCUT2D eigenvalue weighted by Crippen LogP contribution is -2.54. The monoisotopic (exact) mass is 295 g/mol. The fourth-order valence-corrected chi connectivity index (χ4v) is 4.14. The highest BCUT2D eigenvalue weighted by Gasteiger charge is 2.36. The smallest absolute Gasteiger partial charge is 0.187 e. The first-order valence-corrected chi connectivity index (χ1v) is 8.25. The molecule has 0 aliphatic heterocycles. The number of nitrogens with one attached hydrogen (secondary N) is 1. The molecule has 1 aliphatic rings. The summed E-state index contributed by atoms with van der Waals surface area (Å²) in [5, 5.41) is 14.7. The van der Waals surface area contributed by atoms with Crippen LogP contribution in [0.3, 0.4) is 0 Å². The Morgan fingerprint density at radius 3 is 2.75 bits per heavy atom. The van der Waals surface area contributed by atoms with Crippen LogP contribution in [0.4, 0.5) is 0 Å². The third-order valence-corrected chi connectivity index (χ3v) is 4.88. The molecule has 0 saturated heterocycles. The van der Waals surface area contributed by atoms with Gasteiger partial charge in [-0.25, -0.2) is 9.97 Å². The van der Waals surface area contributed by atoms with Crippen molar-refractivity contribution in [2.45, 2.75) is 68.4 Å². The molecular formula is C15H25N3OS. The van der Waals surface area contributed by atoms with E-state index in [1.54, 1.807) is 11.8 Å². The van der Waals surface area contributed by atoms with Gasteiger partial charge in [0.15, 0.2) is 5.16 Å². The van der Waals surface area contributed by atoms with Crippen molar-refractivity contribution in [1.29, 1.82) is 0 Å². The van der Waals surface area contributed by atoms with E-state index in [0.717, 1.165) is 30.0 Å². The van der Waals surface area contributed by atoms with Crippen molar-refractivity contribution in [1.82, 2.24) is 15.3 Å². The maximum Gasteiger partial charge on any atom is 0.187 e. The van der Waals surface area contributed by atoms with E-state index in [1.165, 1.54) is 6.42 Å². The molecule has 2 N–H and O–H groups in total. The number of hydrogen-bond donors (Lipinski definition) is 2. The number of thioether (sulfide) groups is 1. The average Bonchev–Trinajstić information content (AvgIpc) is 2.41. The molecule has 0 bridgehead atoms. The van der Waals surface area contributed by atoms with Gasteiger partial charge in [0.25, 0.3) is 0 Å². The third kappa shape index (κ3) is 4.17. The Kier molecular flexibility index (Phi) is 5.41. The van der Waals surface area contributed by atoms with Gasteiger partial charge in [-0.2, -0.15) is 0 Å². The Balaban J connectivity index is 2.00. The van der Waals surface area contributed by atoms with Gasteiger partial charge < -0.3 is 10.4 Å². The molecule has 2 atom stereocenters. The van der Waals surface area contributed by atoms with Crippen LogP contribution in [0.25, 0.3) is 0 Å². The summed E-state index contributed by atoms with van der Waals surface area (Å²) in [5.41, 5.74) is 0.957. The van der Waals surface area contributed by atoms with Crippen molar-refractivity contribution in [3.8, 4) is 0 Å². The molecule has 0 aromatic carbocycles. The Morgan fingerprint density at radius 1 is 1.45 bits per heavy atom. The van der Waals surface area contributed by atoms with Crippen LogP contribution in [0.1, 0.15) is 45.1 Å². The second-order valence-electron chi connectivity index (χ2n) is 6.12. The minimum atomic E-state index is -0.130. The largest absolute Gasteiger partial charge is 0.394 e. The molecule has 2 unspecified atom stereocenters. The fraction of sp³-hybridized carbons (Fsp3) is 0.733. The maximum atomic E-state index is 9.81. The van der Waals surface area contributed by atoms with Crippen LogP contribution >= 0.6 is 11.8 Å². The van der Waals surface area contributed by atoms with E-state index < -0.39 is 0 Å². The molecule has 5 heteroatoms. The molecule has 1 aromatic heterocycles. The molecule has 0 spiro atoms. The summed E-state index contributed by atoms with van der Waals surface area (Å²) in [4.78, 5) is 8.75. The molecule has 1 aromatic rings. The molecule has 0 radical (unpaired) electrons. The highest BCUT2D eigenvalue weighted by molar-refractivity contribution is 7.99. The van der Waals surface area contributed by atoms with Gasteiger partial charge in [-0.3, -0.25) is 0 Å². The van der Waals surface area contributed by atoms with Crippen molar-refractivity contribution in [3.05, 3.63) is 18.0 Å². The molecular weight excluding hydrogens is 270 g/mol. The number of rotatable bonds is 5. The summed E-state index contributed by atoms with van der Waals surface area (Å²) < 4.78 is 0. The van der Waals surface area contributed by atoms with Crippen molar-refractivity contribution in [2.75, 3.05) is 6.61 Å². The van der Waals surface area contributed by atoms with Gasteiger partial charge in [0.2, 0.25) is 0 Å². The lowest BCUT2D eigenvalue weighted by molar-refractivity contribution is 0.115. The fourth-order valence-electron chi connectivity index (χ4n) is 2.93. The van der Waals surface area contributed by atoms with E-state index in [1.807, 2.05) is 19.3 Å². The molecule has 1 fully saturated rings. The number of aryl methyl sites for hydroxylation is 1. The summed E-state index contributed by atoms with van der Waals surface area (Å²) in [6.07, 6.45) is 8.07. The predicted molar refractivity (Wildman–Crippen MR) is 83.0 cm³/mol. The Hall–Kier alpha value is -0.650. The second kappa shape index (κ2) is 6.87. The summed E-state index contributed by atoms with van der Waals surface area (Å²) >= 11 is 1.74. The highest BCUT2D eigenvalue weighted by Crippen LogP contribution is 2.37. The SMILES string of the molecule is Cc1cnc(SC2CCCC(CO)(NC(C)C)C2)nc1. The molecule has 0 amide bonds. The lowest BCUT2D eigenvalue weighted by atomic mass is 9.81. The third-order valence-electron chi connectivity index (χ3n) is 3.73. The van der Waals surface area contributed by atoms with Crippen molar-refractivity contribution >= 4 is 11.8 Å². The number of hydrogen-bond acceptors (Lipinski definition) is 5. The highest BCUT2D eigenvalue weighted by atomic mass is 32.2. The first-order chi connectivity index (χ1) is 9.53. The van der Waals surface area contributed by atoms with Crippen molar-refractivity contribution in [2.24, 2.45) is 0 Å². The number of aromatic nitrogens is 2. The van der Waals surface area contributed by atoms with Crippen molar-refractivity contribution in [3.63, 3.8) is 0 Å². The minimum Gasteiger partial charge on any atom is -0.394 e. The number of aliphatic hydroxyl groups is 1. The van der Waals surface area contributed by atoms with Gasteiger partial charge in [0.1, 0.15) is 0 Å². The molecule has 1 saturated carbocycles. The summed E-state index contributed by atoms with van der Waals surface area (Å²) in [6, 6.07) is 0.390. The zero-order valence-corrected chi connectivity index (χ0v) is 13.4. The Labute approximate surface area is 125 Å². The van der Waals surface area contributed by atoms with Gasteiger partial charge in [0.05, 0.1) is 6.61 Å². The standard InChI is InChI=1S/C15H25N3OS/c1-11(2)18-15(10-19)6-4-5-13(7-15)20-14-16-8-12(3)9-17-14/h8-9,11,13,18-19H,4-7,10H2,1-3H3. The van der Waals surface area contributed by atoms with Gasteiger partial charge in [-0.1, -0.05) is 32.0 Å². The van der Waals surface area contributed by atoms with Crippen LogP contribution in [-0.4, -0.2) is 38.5 Å². The van der Waals surface area contributed by atoms with Crippen LogP contribution in [0.5, 0.6) is 0 Å². The van der Waals surface area contributed by atoms with Gasteiger partial charge >= 0.3 is 0 Å². The van der Waals surface area contributed by atoms with Crippen molar-refractivity contribution < 1.29 is 5.11 Å². The lowest BCUT2D eigenvalue weighted by Gasteiger charge is -2.41. The van der Waals surface area contributed by atoms with Gasteiger partial charge in [-0.15, -0.1) is 0 Å². The van der Waals surface area contributed by atoms with E-state index >= 15 is 0 Å². The first-order valence-electron chi connectivity index (χ1n) is 7.37. The van der Waals surface area contributed by atoms with Crippen LogP contribution < -0.4 is 5.32 Å². The first kappa shape index (κ1) is 15.7. The molecule has 1 aliphatic carbocycles. The molecule has 4 nitrogen and oxygen atoms in total. The van der Waals surface area contributed by atoms with Crippen LogP contribution in [0.2, 0.25) is 0 Å². The normalized spacial score (nSPS) is 26.9. The summed E-state index contributed by atoms with van der Waals surface area (Å²) in [5.74, 6) is 0. The predicted octanol–water partition coefficient (Wildman–Crippen LogP) is 2.55. The second-order valence-corrected chi connectivity index (χ2v) is 7.38. The maximum absolute atomic E-state index is 9.81.